The van der Waals surface area contributed by atoms with E-state index >= 15 is 0 Å². The third-order valence-electron chi connectivity index (χ3n) is 6.06. The maximum Gasteiger partial charge on any atom is 0.255 e. The van der Waals surface area contributed by atoms with Gasteiger partial charge >= 0.3 is 0 Å². The van der Waals surface area contributed by atoms with E-state index in [1.54, 1.807) is 11.8 Å². The van der Waals surface area contributed by atoms with Gasteiger partial charge < -0.3 is 10.1 Å². The van der Waals surface area contributed by atoms with Gasteiger partial charge in [0.1, 0.15) is 11.4 Å². The van der Waals surface area contributed by atoms with Crippen molar-refractivity contribution in [3.63, 3.8) is 0 Å². The highest BCUT2D eigenvalue weighted by Gasteiger charge is 2.34. The lowest BCUT2D eigenvalue weighted by atomic mass is 9.94. The van der Waals surface area contributed by atoms with Crippen LogP contribution in [0.5, 0.6) is 5.75 Å². The zero-order valence-corrected chi connectivity index (χ0v) is 19.3. The minimum absolute atomic E-state index is 0.0302. The summed E-state index contributed by atoms with van der Waals surface area (Å²) in [5, 5.41) is 3.22. The average Bonchev–Trinajstić information content (AvgIpc) is 3.04. The molecule has 0 unspecified atom stereocenters. The summed E-state index contributed by atoms with van der Waals surface area (Å²) < 4.78 is 6.18. The van der Waals surface area contributed by atoms with Crippen LogP contribution in [0, 0.1) is 0 Å². The lowest BCUT2D eigenvalue weighted by Crippen LogP contribution is -2.47. The first kappa shape index (κ1) is 21.3. The molecule has 0 radical (unpaired) electrons. The number of nitrogens with one attached hydrogen (secondary N) is 1. The Bertz CT molecular complexity index is 941. The molecule has 160 valence electrons. The van der Waals surface area contributed by atoms with Gasteiger partial charge in [-0.3, -0.25) is 9.69 Å². The summed E-state index contributed by atoms with van der Waals surface area (Å²) in [5.74, 6) is 1.72. The van der Waals surface area contributed by atoms with Gasteiger partial charge in [-0.05, 0) is 55.8 Å². The Kier molecular flexibility index (Phi) is 6.12. The van der Waals surface area contributed by atoms with E-state index in [1.165, 1.54) is 11.1 Å². The predicted molar refractivity (Wildman–Crippen MR) is 124 cm³/mol. The molecule has 4 rings (SSSR count). The molecule has 1 N–H and O–H groups in total. The lowest BCUT2D eigenvalue weighted by molar-refractivity contribution is 0.0914. The molecule has 1 atom stereocenters. The predicted octanol–water partition coefficient (Wildman–Crippen LogP) is 4.69. The first-order chi connectivity index (χ1) is 14.4. The molecule has 0 fully saturated rings. The topological polar surface area (TPSA) is 41.6 Å². The summed E-state index contributed by atoms with van der Waals surface area (Å²) in [6, 6.07) is 13.1. The van der Waals surface area contributed by atoms with Crippen LogP contribution in [0.15, 0.2) is 41.3 Å². The fourth-order valence-electron chi connectivity index (χ4n) is 4.62. The molecular weight excluding hydrogens is 392 g/mol. The van der Waals surface area contributed by atoms with E-state index in [0.29, 0.717) is 18.2 Å². The van der Waals surface area contributed by atoms with Gasteiger partial charge in [0.15, 0.2) is 0 Å². The number of hydrogen-bond acceptors (Lipinski definition) is 4. The monoisotopic (exact) mass is 424 g/mol. The minimum Gasteiger partial charge on any atom is -0.486 e. The highest BCUT2D eigenvalue weighted by atomic mass is 32.2. The first-order valence-electron chi connectivity index (χ1n) is 11.0. The number of hydrogen-bond donors (Lipinski definition) is 1. The molecule has 0 spiro atoms. The number of benzene rings is 2. The normalized spacial score (nSPS) is 19.7. The number of nitrogens with zero attached hydrogens (tertiary/aromatic N) is 1. The van der Waals surface area contributed by atoms with Gasteiger partial charge in [-0.2, -0.15) is 0 Å². The molecule has 0 saturated heterocycles. The van der Waals surface area contributed by atoms with Crippen LogP contribution in [0.4, 0.5) is 0 Å². The molecule has 2 aliphatic rings. The molecule has 4 nitrogen and oxygen atoms in total. The van der Waals surface area contributed by atoms with Gasteiger partial charge in [-0.1, -0.05) is 38.1 Å². The number of fused-ring (bicyclic) bond motifs is 2. The second kappa shape index (κ2) is 8.64. The molecule has 0 bridgehead atoms. The van der Waals surface area contributed by atoms with Crippen molar-refractivity contribution in [1.29, 1.82) is 0 Å². The molecule has 2 heterocycles. The summed E-state index contributed by atoms with van der Waals surface area (Å²) in [7, 11) is 0. The number of amides is 1. The van der Waals surface area contributed by atoms with Gasteiger partial charge in [0, 0.05) is 36.0 Å². The standard InChI is InChI=1S/C25H32N2O2S/c1-5-27-16-18-10-8-7-9-17(18)11-20(27)15-26-24(28)22-13-21(30-6-2)12-19-14-25(3,4)29-23(19)22/h7-10,12-13,20H,5-6,11,14-16H2,1-4H3,(H,26,28)/t20-/m0/s1. The Balaban J connectivity index is 1.52. The third kappa shape index (κ3) is 4.37. The van der Waals surface area contributed by atoms with E-state index in [1.807, 2.05) is 6.07 Å². The molecule has 2 aromatic rings. The van der Waals surface area contributed by atoms with Crippen molar-refractivity contribution in [3.05, 3.63) is 58.7 Å². The molecule has 0 aromatic heterocycles. The van der Waals surface area contributed by atoms with Crippen LogP contribution in [0.25, 0.3) is 0 Å². The van der Waals surface area contributed by atoms with Crippen LogP contribution in [-0.2, 0) is 19.4 Å². The molecule has 5 heteroatoms. The Morgan fingerprint density at radius 2 is 1.97 bits per heavy atom. The van der Waals surface area contributed by atoms with Gasteiger partial charge in [-0.25, -0.2) is 0 Å². The van der Waals surface area contributed by atoms with Gasteiger partial charge in [0.05, 0.1) is 5.56 Å². The van der Waals surface area contributed by atoms with E-state index in [-0.39, 0.29) is 11.5 Å². The fraction of sp³-hybridized carbons (Fsp3) is 0.480. The van der Waals surface area contributed by atoms with Crippen molar-refractivity contribution < 1.29 is 9.53 Å². The van der Waals surface area contributed by atoms with Crippen molar-refractivity contribution >= 4 is 17.7 Å². The zero-order valence-electron chi connectivity index (χ0n) is 18.5. The minimum atomic E-state index is -0.265. The van der Waals surface area contributed by atoms with Gasteiger partial charge in [-0.15, -0.1) is 11.8 Å². The third-order valence-corrected chi connectivity index (χ3v) is 6.92. The Hall–Kier alpha value is -1.98. The van der Waals surface area contributed by atoms with Crippen molar-refractivity contribution in [2.24, 2.45) is 0 Å². The summed E-state index contributed by atoms with van der Waals surface area (Å²) in [4.78, 5) is 16.8. The number of likely N-dealkylation sites (N-methyl/N-ethyl adjacent to an activating group) is 1. The molecule has 0 saturated carbocycles. The van der Waals surface area contributed by atoms with E-state index < -0.39 is 0 Å². The largest absolute Gasteiger partial charge is 0.486 e. The number of rotatable bonds is 6. The Morgan fingerprint density at radius 3 is 2.70 bits per heavy atom. The van der Waals surface area contributed by atoms with E-state index in [4.69, 9.17) is 4.74 Å². The fourth-order valence-corrected chi connectivity index (χ4v) is 5.38. The van der Waals surface area contributed by atoms with Gasteiger partial charge in [0.2, 0.25) is 0 Å². The van der Waals surface area contributed by atoms with Crippen LogP contribution < -0.4 is 10.1 Å². The summed E-state index contributed by atoms with van der Waals surface area (Å²) in [6.07, 6.45) is 1.81. The van der Waals surface area contributed by atoms with Crippen LogP contribution in [-0.4, -0.2) is 41.3 Å². The van der Waals surface area contributed by atoms with E-state index in [0.717, 1.165) is 47.9 Å². The molecule has 0 aliphatic carbocycles. The second-order valence-corrected chi connectivity index (χ2v) is 10.2. The number of carbonyl (C=O) groups is 1. The molecular formula is C25H32N2O2S. The van der Waals surface area contributed by atoms with Crippen molar-refractivity contribution in [2.45, 2.75) is 63.6 Å². The smallest absolute Gasteiger partial charge is 0.255 e. The molecule has 30 heavy (non-hydrogen) atoms. The highest BCUT2D eigenvalue weighted by Crippen LogP contribution is 2.40. The maximum atomic E-state index is 13.2. The number of carbonyl (C=O) groups excluding carboxylic acids is 1. The summed E-state index contributed by atoms with van der Waals surface area (Å²) in [5.41, 5.74) is 4.35. The van der Waals surface area contributed by atoms with Crippen LogP contribution in [0.3, 0.4) is 0 Å². The average molecular weight is 425 g/mol. The van der Waals surface area contributed by atoms with Crippen molar-refractivity contribution in [2.75, 3.05) is 18.8 Å². The molecule has 2 aromatic carbocycles. The number of ether oxygens (including phenoxy) is 1. The second-order valence-electron chi connectivity index (χ2n) is 8.83. The Labute approximate surface area is 184 Å². The molecule has 2 aliphatic heterocycles. The van der Waals surface area contributed by atoms with Crippen LogP contribution >= 0.6 is 11.8 Å². The number of thioether (sulfide) groups is 1. The van der Waals surface area contributed by atoms with Crippen LogP contribution in [0.2, 0.25) is 0 Å². The summed E-state index contributed by atoms with van der Waals surface area (Å²) >= 11 is 1.77. The quantitative estimate of drug-likeness (QED) is 0.683. The first-order valence-corrected chi connectivity index (χ1v) is 12.0. The van der Waals surface area contributed by atoms with Crippen LogP contribution in [0.1, 0.15) is 54.7 Å². The highest BCUT2D eigenvalue weighted by molar-refractivity contribution is 7.99. The maximum absolute atomic E-state index is 13.2. The van der Waals surface area contributed by atoms with E-state index in [9.17, 15) is 4.79 Å². The molecule has 1 amide bonds. The SMILES string of the molecule is CCSc1cc2c(c(C(=O)NC[C@@H]3Cc4ccccc4CN3CC)c1)OC(C)(C)C2. The zero-order chi connectivity index (χ0) is 21.3. The van der Waals surface area contributed by atoms with E-state index in [2.05, 4.69) is 68.2 Å². The Morgan fingerprint density at radius 1 is 1.20 bits per heavy atom. The van der Waals surface area contributed by atoms with Gasteiger partial charge in [0.25, 0.3) is 5.91 Å². The summed E-state index contributed by atoms with van der Waals surface area (Å²) in [6.45, 7) is 11.1. The lowest BCUT2D eigenvalue weighted by Gasteiger charge is -2.36. The van der Waals surface area contributed by atoms with Crippen molar-refractivity contribution in [3.8, 4) is 5.75 Å². The van der Waals surface area contributed by atoms with Crippen molar-refractivity contribution in [1.82, 2.24) is 10.2 Å².